The van der Waals surface area contributed by atoms with Crippen LogP contribution in [0.3, 0.4) is 0 Å². The number of anilines is 1. The molecule has 2 rings (SSSR count). The summed E-state index contributed by atoms with van der Waals surface area (Å²) in [4.78, 5) is 27.0. The summed E-state index contributed by atoms with van der Waals surface area (Å²) >= 11 is 3.18. The van der Waals surface area contributed by atoms with Crippen LogP contribution >= 0.6 is 15.9 Å². The molecular formula is C8H6BrN3O3. The van der Waals surface area contributed by atoms with Crippen molar-refractivity contribution >= 4 is 32.5 Å². The third-order valence-electron chi connectivity index (χ3n) is 1.93. The van der Waals surface area contributed by atoms with Crippen molar-refractivity contribution in [3.8, 4) is 0 Å². The Bertz CT molecular complexity index is 631. The lowest BCUT2D eigenvalue weighted by Crippen LogP contribution is -2.22. The van der Waals surface area contributed by atoms with Crippen LogP contribution in [0.15, 0.2) is 26.2 Å². The molecule has 0 saturated heterocycles. The molecule has 2 aromatic rings. The molecule has 0 saturated carbocycles. The van der Waals surface area contributed by atoms with Crippen molar-refractivity contribution < 1.29 is 5.21 Å². The fourth-order valence-electron chi connectivity index (χ4n) is 1.29. The zero-order valence-corrected chi connectivity index (χ0v) is 8.88. The molecule has 78 valence electrons. The molecule has 0 fully saturated rings. The summed E-state index contributed by atoms with van der Waals surface area (Å²) in [6.45, 7) is 0. The van der Waals surface area contributed by atoms with Crippen LogP contribution in [-0.4, -0.2) is 15.2 Å². The predicted molar refractivity (Wildman–Crippen MR) is 58.3 cm³/mol. The van der Waals surface area contributed by atoms with Gasteiger partial charge in [-0.2, -0.15) is 0 Å². The lowest BCUT2D eigenvalue weighted by molar-refractivity contribution is 0.389. The maximum absolute atomic E-state index is 11.4. The van der Waals surface area contributed by atoms with Crippen LogP contribution in [0.2, 0.25) is 0 Å². The number of H-pyrrole nitrogens is 2. The van der Waals surface area contributed by atoms with E-state index in [1.807, 2.05) is 5.48 Å². The van der Waals surface area contributed by atoms with Gasteiger partial charge < -0.3 is 4.98 Å². The first-order valence-corrected chi connectivity index (χ1v) is 4.77. The van der Waals surface area contributed by atoms with E-state index in [4.69, 9.17) is 5.21 Å². The molecule has 0 aliphatic carbocycles. The average Bonchev–Trinajstić information content (AvgIpc) is 2.19. The van der Waals surface area contributed by atoms with Crippen LogP contribution in [0.4, 0.5) is 5.69 Å². The lowest BCUT2D eigenvalue weighted by atomic mass is 10.2. The molecule has 1 aromatic heterocycles. The summed E-state index contributed by atoms with van der Waals surface area (Å²) in [5.74, 6) is 0. The molecule has 0 unspecified atom stereocenters. The Hall–Kier alpha value is -1.60. The molecule has 0 atom stereocenters. The van der Waals surface area contributed by atoms with E-state index in [9.17, 15) is 9.59 Å². The highest BCUT2D eigenvalue weighted by atomic mass is 79.9. The number of fused-ring (bicyclic) bond motifs is 1. The highest BCUT2D eigenvalue weighted by molar-refractivity contribution is 9.10. The molecule has 15 heavy (non-hydrogen) atoms. The third-order valence-corrected chi connectivity index (χ3v) is 2.55. The third kappa shape index (κ3) is 1.66. The Morgan fingerprint density at radius 2 is 2.00 bits per heavy atom. The van der Waals surface area contributed by atoms with Crippen LogP contribution in [0.1, 0.15) is 0 Å². The first kappa shape index (κ1) is 9.94. The van der Waals surface area contributed by atoms with E-state index in [2.05, 4.69) is 25.9 Å². The molecule has 0 spiro atoms. The van der Waals surface area contributed by atoms with E-state index in [1.165, 1.54) is 12.1 Å². The van der Waals surface area contributed by atoms with E-state index in [-0.39, 0.29) is 5.39 Å². The Labute approximate surface area is 91.0 Å². The normalized spacial score (nSPS) is 10.5. The molecule has 1 heterocycles. The van der Waals surface area contributed by atoms with Crippen molar-refractivity contribution in [1.82, 2.24) is 9.97 Å². The van der Waals surface area contributed by atoms with Gasteiger partial charge in [0, 0.05) is 4.47 Å². The quantitative estimate of drug-likeness (QED) is 0.576. The zero-order chi connectivity index (χ0) is 11.0. The second kappa shape index (κ2) is 3.52. The molecule has 0 aliphatic rings. The van der Waals surface area contributed by atoms with E-state index >= 15 is 0 Å². The Morgan fingerprint density at radius 3 is 2.67 bits per heavy atom. The zero-order valence-electron chi connectivity index (χ0n) is 7.30. The number of aromatic amines is 2. The van der Waals surface area contributed by atoms with E-state index in [0.717, 1.165) is 0 Å². The minimum Gasteiger partial charge on any atom is -0.306 e. The molecule has 7 heteroatoms. The van der Waals surface area contributed by atoms with Gasteiger partial charge in [0.2, 0.25) is 0 Å². The molecule has 0 bridgehead atoms. The van der Waals surface area contributed by atoms with E-state index in [0.29, 0.717) is 15.7 Å². The number of benzene rings is 1. The van der Waals surface area contributed by atoms with Gasteiger partial charge in [-0.15, -0.1) is 0 Å². The average molecular weight is 272 g/mol. The second-order valence-electron chi connectivity index (χ2n) is 2.90. The summed E-state index contributed by atoms with van der Waals surface area (Å²) in [7, 11) is 0. The summed E-state index contributed by atoms with van der Waals surface area (Å²) in [6.07, 6.45) is 0. The van der Waals surface area contributed by atoms with Crippen LogP contribution in [0.25, 0.3) is 10.9 Å². The van der Waals surface area contributed by atoms with Gasteiger partial charge in [0.1, 0.15) is 0 Å². The lowest BCUT2D eigenvalue weighted by Gasteiger charge is -2.03. The van der Waals surface area contributed by atoms with Crippen molar-refractivity contribution in [2.75, 3.05) is 5.48 Å². The smallest absolute Gasteiger partial charge is 0.306 e. The first-order chi connectivity index (χ1) is 7.11. The first-order valence-electron chi connectivity index (χ1n) is 3.98. The molecule has 0 radical (unpaired) electrons. The van der Waals surface area contributed by atoms with E-state index in [1.54, 1.807) is 0 Å². The summed E-state index contributed by atoms with van der Waals surface area (Å²) in [6, 6.07) is 2.96. The number of nitrogens with one attached hydrogen (secondary N) is 3. The summed E-state index contributed by atoms with van der Waals surface area (Å²) in [5.41, 5.74) is 1.59. The number of hydrogen-bond acceptors (Lipinski definition) is 4. The van der Waals surface area contributed by atoms with Gasteiger partial charge in [-0.25, -0.2) is 4.79 Å². The second-order valence-corrected chi connectivity index (χ2v) is 3.76. The van der Waals surface area contributed by atoms with Gasteiger partial charge in [0.05, 0.1) is 16.6 Å². The fraction of sp³-hybridized carbons (Fsp3) is 0. The molecule has 4 N–H and O–H groups in total. The van der Waals surface area contributed by atoms with Crippen LogP contribution in [0.5, 0.6) is 0 Å². The SMILES string of the molecule is O=c1[nH]c(=O)c2cc(NO)cc(Br)c2[nH]1. The van der Waals surface area contributed by atoms with Crippen molar-refractivity contribution in [2.45, 2.75) is 0 Å². The van der Waals surface area contributed by atoms with Gasteiger partial charge in [0.25, 0.3) is 5.56 Å². The maximum atomic E-state index is 11.4. The topological polar surface area (TPSA) is 98.0 Å². The fourth-order valence-corrected chi connectivity index (χ4v) is 1.85. The van der Waals surface area contributed by atoms with Gasteiger partial charge >= 0.3 is 5.69 Å². The molecule has 0 aliphatic heterocycles. The van der Waals surface area contributed by atoms with Gasteiger partial charge in [-0.05, 0) is 28.1 Å². The Morgan fingerprint density at radius 1 is 1.27 bits per heavy atom. The van der Waals surface area contributed by atoms with Crippen LogP contribution < -0.4 is 16.7 Å². The van der Waals surface area contributed by atoms with Crippen LogP contribution in [0, 0.1) is 0 Å². The molecular weight excluding hydrogens is 266 g/mol. The van der Waals surface area contributed by atoms with Gasteiger partial charge in [-0.1, -0.05) is 0 Å². The number of hydrogen-bond donors (Lipinski definition) is 4. The van der Waals surface area contributed by atoms with E-state index < -0.39 is 11.2 Å². The number of halogens is 1. The van der Waals surface area contributed by atoms with Gasteiger partial charge in [0.15, 0.2) is 0 Å². The molecule has 1 aromatic carbocycles. The highest BCUT2D eigenvalue weighted by Gasteiger charge is 2.06. The summed E-state index contributed by atoms with van der Waals surface area (Å²) in [5, 5.41) is 8.99. The van der Waals surface area contributed by atoms with Crippen molar-refractivity contribution in [3.05, 3.63) is 37.4 Å². The number of aromatic nitrogens is 2. The largest absolute Gasteiger partial charge is 0.326 e. The van der Waals surface area contributed by atoms with Crippen molar-refractivity contribution in [1.29, 1.82) is 0 Å². The summed E-state index contributed by atoms with van der Waals surface area (Å²) < 4.78 is 0.514. The standard InChI is InChI=1S/C8H6BrN3O3/c9-5-2-3(12-15)1-4-6(5)10-8(14)11-7(4)13/h1-2,12,15H,(H2,10,11,13,14). The maximum Gasteiger partial charge on any atom is 0.326 e. The van der Waals surface area contributed by atoms with Gasteiger partial charge in [-0.3, -0.25) is 20.5 Å². The minimum atomic E-state index is -0.571. The minimum absolute atomic E-state index is 0.278. The monoisotopic (exact) mass is 271 g/mol. The Kier molecular flexibility index (Phi) is 2.33. The highest BCUT2D eigenvalue weighted by Crippen LogP contribution is 2.23. The molecule has 6 nitrogen and oxygen atoms in total. The van der Waals surface area contributed by atoms with Crippen molar-refractivity contribution in [3.63, 3.8) is 0 Å². The van der Waals surface area contributed by atoms with Crippen molar-refractivity contribution in [2.24, 2.45) is 0 Å². The van der Waals surface area contributed by atoms with Crippen LogP contribution in [-0.2, 0) is 0 Å². The predicted octanol–water partition coefficient (Wildman–Crippen LogP) is 0.780. The number of rotatable bonds is 1. The Balaban J connectivity index is 2.98. The molecule has 0 amide bonds.